The van der Waals surface area contributed by atoms with Gasteiger partial charge in [-0.1, -0.05) is 11.6 Å². The molecular weight excluding hydrogens is 342 g/mol. The second-order valence-electron chi connectivity index (χ2n) is 6.01. The van der Waals surface area contributed by atoms with Crippen LogP contribution in [-0.2, 0) is 11.2 Å². The molecule has 1 aromatic heterocycles. The molecule has 25 heavy (non-hydrogen) atoms. The number of benzene rings is 2. The zero-order valence-corrected chi connectivity index (χ0v) is 14.1. The Morgan fingerprint density at radius 1 is 1.20 bits per heavy atom. The summed E-state index contributed by atoms with van der Waals surface area (Å²) in [6.45, 7) is 1.84. The molecule has 4 rings (SSSR count). The first-order valence-electron chi connectivity index (χ1n) is 7.80. The van der Waals surface area contributed by atoms with Gasteiger partial charge in [-0.3, -0.25) is 4.79 Å². The largest absolute Gasteiger partial charge is 0.480 e. The number of anilines is 1. The zero-order valence-electron chi connectivity index (χ0n) is 13.3. The number of carbonyl (C=O) groups excluding carboxylic acids is 1. The predicted octanol–water partition coefficient (Wildman–Crippen LogP) is 3.70. The van der Waals surface area contributed by atoms with E-state index < -0.39 is 11.7 Å². The van der Waals surface area contributed by atoms with Crippen molar-refractivity contribution in [3.63, 3.8) is 0 Å². The summed E-state index contributed by atoms with van der Waals surface area (Å²) in [5.41, 5.74) is 2.30. The first-order chi connectivity index (χ1) is 12.0. The second-order valence-corrected chi connectivity index (χ2v) is 6.45. The molecule has 2 aromatic carbocycles. The smallest absolute Gasteiger partial charge is 0.336 e. The molecule has 3 aromatic rings. The lowest BCUT2D eigenvalue weighted by Crippen LogP contribution is -2.31. The standard InChI is InChI=1S/C19H14ClNO4/c1-10-6-18(22)25-16-9-13(3-4-14(10)16)21-19(23)17-8-11-7-12(20)2-5-15(11)24-17/h2-7,9,17H,8H2,1H3,(H,21,23)/t17-/m0/s1. The molecule has 1 amide bonds. The lowest BCUT2D eigenvalue weighted by Gasteiger charge is -2.12. The summed E-state index contributed by atoms with van der Waals surface area (Å²) < 4.78 is 10.9. The highest BCUT2D eigenvalue weighted by Crippen LogP contribution is 2.31. The number of nitrogens with one attached hydrogen (secondary N) is 1. The Kier molecular flexibility index (Phi) is 3.73. The predicted molar refractivity (Wildman–Crippen MR) is 95.4 cm³/mol. The van der Waals surface area contributed by atoms with E-state index in [2.05, 4.69) is 5.32 Å². The van der Waals surface area contributed by atoms with Crippen LogP contribution in [0.4, 0.5) is 5.69 Å². The number of carbonyl (C=O) groups is 1. The molecule has 0 fully saturated rings. The highest BCUT2D eigenvalue weighted by atomic mass is 35.5. The van der Waals surface area contributed by atoms with Crippen molar-refractivity contribution in [2.24, 2.45) is 0 Å². The van der Waals surface area contributed by atoms with Gasteiger partial charge in [0, 0.05) is 34.6 Å². The third-order valence-electron chi connectivity index (χ3n) is 4.21. The molecule has 0 spiro atoms. The molecule has 0 bridgehead atoms. The maximum Gasteiger partial charge on any atom is 0.336 e. The normalized spacial score (nSPS) is 15.7. The van der Waals surface area contributed by atoms with Crippen molar-refractivity contribution >= 4 is 34.2 Å². The van der Waals surface area contributed by atoms with Gasteiger partial charge in [-0.25, -0.2) is 4.79 Å². The van der Waals surface area contributed by atoms with E-state index in [0.29, 0.717) is 28.5 Å². The average Bonchev–Trinajstić information content (AvgIpc) is 2.97. The topological polar surface area (TPSA) is 68.5 Å². The minimum atomic E-state index is -0.617. The molecule has 0 unspecified atom stereocenters. The molecule has 2 heterocycles. The van der Waals surface area contributed by atoms with Gasteiger partial charge in [-0.2, -0.15) is 0 Å². The van der Waals surface area contributed by atoms with Gasteiger partial charge in [0.15, 0.2) is 6.10 Å². The highest BCUT2D eigenvalue weighted by molar-refractivity contribution is 6.30. The van der Waals surface area contributed by atoms with Crippen molar-refractivity contribution in [1.29, 1.82) is 0 Å². The molecule has 126 valence electrons. The molecule has 1 N–H and O–H groups in total. The first-order valence-corrected chi connectivity index (χ1v) is 8.18. The maximum atomic E-state index is 12.5. The van der Waals surface area contributed by atoms with Gasteiger partial charge in [0.2, 0.25) is 0 Å². The number of ether oxygens (including phenoxy) is 1. The number of halogens is 1. The van der Waals surface area contributed by atoms with Crippen molar-refractivity contribution in [3.8, 4) is 5.75 Å². The molecule has 0 radical (unpaired) electrons. The van der Waals surface area contributed by atoms with Crippen LogP contribution < -0.4 is 15.7 Å². The Labute approximate surface area is 148 Å². The molecule has 0 saturated carbocycles. The van der Waals surface area contributed by atoms with Crippen molar-refractivity contribution < 1.29 is 13.9 Å². The van der Waals surface area contributed by atoms with Gasteiger partial charge in [0.1, 0.15) is 11.3 Å². The fourth-order valence-electron chi connectivity index (χ4n) is 2.99. The van der Waals surface area contributed by atoms with Gasteiger partial charge < -0.3 is 14.5 Å². The molecule has 1 aliphatic rings. The molecule has 0 saturated heterocycles. The maximum absolute atomic E-state index is 12.5. The fraction of sp³-hybridized carbons (Fsp3) is 0.158. The monoisotopic (exact) mass is 355 g/mol. The summed E-state index contributed by atoms with van der Waals surface area (Å²) in [6.07, 6.45) is -0.155. The average molecular weight is 356 g/mol. The van der Waals surface area contributed by atoms with E-state index in [-0.39, 0.29) is 5.91 Å². The minimum Gasteiger partial charge on any atom is -0.480 e. The van der Waals surface area contributed by atoms with Gasteiger partial charge in [0.25, 0.3) is 5.91 Å². The van der Waals surface area contributed by atoms with Gasteiger partial charge in [-0.05, 0) is 48.4 Å². The summed E-state index contributed by atoms with van der Waals surface area (Å²) in [4.78, 5) is 24.0. The number of fused-ring (bicyclic) bond motifs is 2. The zero-order chi connectivity index (χ0) is 17.6. The van der Waals surface area contributed by atoms with Crippen LogP contribution in [0.5, 0.6) is 5.75 Å². The Morgan fingerprint density at radius 3 is 2.88 bits per heavy atom. The van der Waals surface area contributed by atoms with E-state index in [1.165, 1.54) is 6.07 Å². The van der Waals surface area contributed by atoms with Gasteiger partial charge in [0.05, 0.1) is 0 Å². The third-order valence-corrected chi connectivity index (χ3v) is 4.44. The van der Waals surface area contributed by atoms with Crippen molar-refractivity contribution in [3.05, 3.63) is 69.0 Å². The molecule has 5 nitrogen and oxygen atoms in total. The van der Waals surface area contributed by atoms with E-state index in [0.717, 1.165) is 16.5 Å². The molecule has 0 aliphatic carbocycles. The van der Waals surface area contributed by atoms with E-state index >= 15 is 0 Å². The lowest BCUT2D eigenvalue weighted by molar-refractivity contribution is -0.122. The van der Waals surface area contributed by atoms with Crippen LogP contribution in [0.25, 0.3) is 11.0 Å². The van der Waals surface area contributed by atoms with Crippen LogP contribution in [0.15, 0.2) is 51.7 Å². The number of aryl methyl sites for hydroxylation is 1. The summed E-state index contributed by atoms with van der Waals surface area (Å²) >= 11 is 5.97. The molecule has 6 heteroatoms. The fourth-order valence-corrected chi connectivity index (χ4v) is 3.18. The summed E-state index contributed by atoms with van der Waals surface area (Å²) in [6, 6.07) is 12.0. The molecule has 1 aliphatic heterocycles. The van der Waals surface area contributed by atoms with E-state index in [1.54, 1.807) is 30.3 Å². The minimum absolute atomic E-state index is 0.262. The van der Waals surface area contributed by atoms with Crippen LogP contribution >= 0.6 is 11.6 Å². The number of hydrogen-bond acceptors (Lipinski definition) is 4. The highest BCUT2D eigenvalue weighted by Gasteiger charge is 2.29. The van der Waals surface area contributed by atoms with Crippen LogP contribution in [-0.4, -0.2) is 12.0 Å². The number of hydrogen-bond donors (Lipinski definition) is 1. The van der Waals surface area contributed by atoms with Crippen molar-refractivity contribution in [2.45, 2.75) is 19.4 Å². The Balaban J connectivity index is 1.55. The van der Waals surface area contributed by atoms with E-state index in [4.69, 9.17) is 20.8 Å². The number of amides is 1. The van der Waals surface area contributed by atoms with Crippen LogP contribution in [0.1, 0.15) is 11.1 Å². The summed E-state index contributed by atoms with van der Waals surface area (Å²) in [5, 5.41) is 4.25. The van der Waals surface area contributed by atoms with Crippen molar-refractivity contribution in [1.82, 2.24) is 0 Å². The number of rotatable bonds is 2. The quantitative estimate of drug-likeness (QED) is 0.712. The van der Waals surface area contributed by atoms with Crippen molar-refractivity contribution in [2.75, 3.05) is 5.32 Å². The Morgan fingerprint density at radius 2 is 2.04 bits per heavy atom. The van der Waals surface area contributed by atoms with Gasteiger partial charge in [-0.15, -0.1) is 0 Å². The second kappa shape index (κ2) is 5.93. The Bertz CT molecular complexity index is 1060. The van der Waals surface area contributed by atoms with Gasteiger partial charge >= 0.3 is 5.63 Å². The third kappa shape index (κ3) is 2.98. The van der Waals surface area contributed by atoms with Crippen LogP contribution in [0.2, 0.25) is 5.02 Å². The van der Waals surface area contributed by atoms with Crippen LogP contribution in [0.3, 0.4) is 0 Å². The lowest BCUT2D eigenvalue weighted by atomic mass is 10.1. The summed E-state index contributed by atoms with van der Waals surface area (Å²) in [7, 11) is 0. The SMILES string of the molecule is Cc1cc(=O)oc2cc(NC(=O)[C@@H]3Cc4cc(Cl)ccc4O3)ccc12. The molecular formula is C19H14ClNO4. The van der Waals surface area contributed by atoms with Crippen LogP contribution in [0, 0.1) is 6.92 Å². The van der Waals surface area contributed by atoms with E-state index in [9.17, 15) is 9.59 Å². The first kappa shape index (κ1) is 15.7. The Hall–Kier alpha value is -2.79. The molecule has 1 atom stereocenters. The summed E-state index contributed by atoms with van der Waals surface area (Å²) in [5.74, 6) is 0.409. The van der Waals surface area contributed by atoms with E-state index in [1.807, 2.05) is 13.0 Å².